The molecule has 0 fully saturated rings. The monoisotopic (exact) mass is 289 g/mol. The lowest BCUT2D eigenvalue weighted by molar-refractivity contribution is 0.112. The third-order valence-electron chi connectivity index (χ3n) is 2.98. The summed E-state index contributed by atoms with van der Waals surface area (Å²) in [6.45, 7) is 2.06. The van der Waals surface area contributed by atoms with Crippen molar-refractivity contribution in [1.82, 2.24) is 4.72 Å². The van der Waals surface area contributed by atoms with Crippen molar-refractivity contribution in [1.29, 1.82) is 0 Å². The Kier molecular flexibility index (Phi) is 5.32. The van der Waals surface area contributed by atoms with Crippen LogP contribution >= 0.6 is 11.9 Å². The second-order valence-electron chi connectivity index (χ2n) is 4.54. The molecule has 104 valence electrons. The number of aldehydes is 1. The summed E-state index contributed by atoms with van der Waals surface area (Å²) in [5.74, 6) is 0.562. The average Bonchev–Trinajstić information content (AvgIpc) is 2.49. The molecular weight excluding hydrogens is 273 g/mol. The highest BCUT2D eigenvalue weighted by molar-refractivity contribution is 7.96. The second kappa shape index (κ2) is 7.22. The zero-order valence-corrected chi connectivity index (χ0v) is 12.0. The first-order valence-electron chi connectivity index (χ1n) is 6.36. The zero-order chi connectivity index (χ0) is 14.4. The number of halogens is 1. The first-order valence-corrected chi connectivity index (χ1v) is 7.34. The summed E-state index contributed by atoms with van der Waals surface area (Å²) in [5, 5.41) is 0. The van der Waals surface area contributed by atoms with E-state index >= 15 is 0 Å². The van der Waals surface area contributed by atoms with Gasteiger partial charge in [-0.15, -0.1) is 0 Å². The largest absolute Gasteiger partial charge is 0.298 e. The minimum atomic E-state index is -0.213. The maximum absolute atomic E-state index is 12.8. The van der Waals surface area contributed by atoms with Crippen molar-refractivity contribution in [3.05, 3.63) is 71.0 Å². The topological polar surface area (TPSA) is 29.1 Å². The molecule has 0 aliphatic rings. The van der Waals surface area contributed by atoms with Gasteiger partial charge >= 0.3 is 0 Å². The van der Waals surface area contributed by atoms with Gasteiger partial charge in [-0.2, -0.15) is 0 Å². The van der Waals surface area contributed by atoms with Gasteiger partial charge in [0.2, 0.25) is 0 Å². The summed E-state index contributed by atoms with van der Waals surface area (Å²) >= 11 is 1.58. The van der Waals surface area contributed by atoms with Crippen molar-refractivity contribution in [2.75, 3.05) is 0 Å². The molecule has 2 nitrogen and oxygen atoms in total. The first kappa shape index (κ1) is 14.8. The third kappa shape index (κ3) is 4.18. The molecule has 2 aromatic carbocycles. The van der Waals surface area contributed by atoms with Crippen molar-refractivity contribution in [2.45, 2.75) is 18.7 Å². The maximum Gasteiger partial charge on any atom is 0.150 e. The van der Waals surface area contributed by atoms with Crippen LogP contribution < -0.4 is 4.72 Å². The van der Waals surface area contributed by atoms with Gasteiger partial charge < -0.3 is 0 Å². The Morgan fingerprint density at radius 3 is 2.40 bits per heavy atom. The summed E-state index contributed by atoms with van der Waals surface area (Å²) in [6.07, 6.45) is 0.838. The highest BCUT2D eigenvalue weighted by Crippen LogP contribution is 2.18. The van der Waals surface area contributed by atoms with Crippen LogP contribution in [-0.2, 0) is 5.75 Å². The van der Waals surface area contributed by atoms with Crippen molar-refractivity contribution < 1.29 is 9.18 Å². The molecule has 0 aliphatic heterocycles. The lowest BCUT2D eigenvalue weighted by Gasteiger charge is -2.13. The Morgan fingerprint density at radius 2 is 1.80 bits per heavy atom. The molecular formula is C16H16FNOS. The fraction of sp³-hybridized carbons (Fsp3) is 0.188. The molecule has 0 radical (unpaired) electrons. The standard InChI is InChI=1S/C16H16FNOS/c1-12(15-6-2-13(10-19)3-7-15)18-20-11-14-4-8-16(17)9-5-14/h2-10,12,18H,11H2,1H3. The van der Waals surface area contributed by atoms with E-state index in [1.807, 2.05) is 24.3 Å². The van der Waals surface area contributed by atoms with Crippen LogP contribution in [0.3, 0.4) is 0 Å². The second-order valence-corrected chi connectivity index (χ2v) is 5.35. The Bertz CT molecular complexity index is 554. The number of carbonyl (C=O) groups is 1. The van der Waals surface area contributed by atoms with E-state index in [1.165, 1.54) is 12.1 Å². The Morgan fingerprint density at radius 1 is 1.15 bits per heavy atom. The molecule has 2 rings (SSSR count). The van der Waals surface area contributed by atoms with Crippen LogP contribution in [0.2, 0.25) is 0 Å². The molecule has 0 bridgehead atoms. The van der Waals surface area contributed by atoms with Crippen LogP contribution in [-0.4, -0.2) is 6.29 Å². The van der Waals surface area contributed by atoms with Crippen molar-refractivity contribution in [2.24, 2.45) is 0 Å². The lowest BCUT2D eigenvalue weighted by atomic mass is 10.1. The zero-order valence-electron chi connectivity index (χ0n) is 11.2. The average molecular weight is 289 g/mol. The molecule has 1 N–H and O–H groups in total. The molecule has 0 saturated heterocycles. The van der Waals surface area contributed by atoms with Gasteiger partial charge in [-0.25, -0.2) is 4.39 Å². The van der Waals surface area contributed by atoms with Gasteiger partial charge in [0.05, 0.1) is 0 Å². The van der Waals surface area contributed by atoms with E-state index in [1.54, 1.807) is 24.1 Å². The Balaban J connectivity index is 1.83. The number of benzene rings is 2. The van der Waals surface area contributed by atoms with E-state index in [9.17, 15) is 9.18 Å². The van der Waals surface area contributed by atoms with Gasteiger partial charge in [-0.1, -0.05) is 48.3 Å². The Hall–Kier alpha value is -1.65. The summed E-state index contributed by atoms with van der Waals surface area (Å²) in [5.41, 5.74) is 2.88. The quantitative estimate of drug-likeness (QED) is 0.640. The van der Waals surface area contributed by atoms with Crippen LogP contribution in [0.1, 0.15) is 34.5 Å². The van der Waals surface area contributed by atoms with Crippen molar-refractivity contribution >= 4 is 18.2 Å². The van der Waals surface area contributed by atoms with Crippen molar-refractivity contribution in [3.8, 4) is 0 Å². The van der Waals surface area contributed by atoms with Gasteiger partial charge in [-0.3, -0.25) is 9.52 Å². The molecule has 1 unspecified atom stereocenters. The van der Waals surface area contributed by atoms with Crippen LogP contribution in [0.25, 0.3) is 0 Å². The van der Waals surface area contributed by atoms with Crippen LogP contribution in [0.4, 0.5) is 4.39 Å². The van der Waals surface area contributed by atoms with Crippen LogP contribution in [0.5, 0.6) is 0 Å². The molecule has 4 heteroatoms. The fourth-order valence-electron chi connectivity index (χ4n) is 1.76. The van der Waals surface area contributed by atoms with E-state index in [4.69, 9.17) is 0 Å². The molecule has 0 heterocycles. The fourth-order valence-corrected chi connectivity index (χ4v) is 2.59. The molecule has 0 spiro atoms. The van der Waals surface area contributed by atoms with Crippen molar-refractivity contribution in [3.63, 3.8) is 0 Å². The van der Waals surface area contributed by atoms with Crippen LogP contribution in [0, 0.1) is 5.82 Å². The van der Waals surface area contributed by atoms with Crippen LogP contribution in [0.15, 0.2) is 48.5 Å². The molecule has 0 aromatic heterocycles. The number of carbonyl (C=O) groups excluding carboxylic acids is 1. The number of hydrogen-bond donors (Lipinski definition) is 1. The van der Waals surface area contributed by atoms with E-state index in [0.717, 1.165) is 23.2 Å². The molecule has 2 aromatic rings. The summed E-state index contributed by atoms with van der Waals surface area (Å²) in [6, 6.07) is 14.2. The molecule has 0 saturated carbocycles. The minimum Gasteiger partial charge on any atom is -0.298 e. The Labute approximate surface area is 122 Å². The summed E-state index contributed by atoms with van der Waals surface area (Å²) in [4.78, 5) is 10.6. The summed E-state index contributed by atoms with van der Waals surface area (Å²) in [7, 11) is 0. The predicted octanol–water partition coefficient (Wildman–Crippen LogP) is 4.14. The highest BCUT2D eigenvalue weighted by atomic mass is 32.2. The van der Waals surface area contributed by atoms with Gasteiger partial charge in [0, 0.05) is 17.4 Å². The summed E-state index contributed by atoms with van der Waals surface area (Å²) < 4.78 is 16.1. The van der Waals surface area contributed by atoms with E-state index in [2.05, 4.69) is 11.6 Å². The SMILES string of the molecule is CC(NSCc1ccc(F)cc1)c1ccc(C=O)cc1. The molecule has 1 atom stereocenters. The molecule has 20 heavy (non-hydrogen) atoms. The number of hydrogen-bond acceptors (Lipinski definition) is 3. The van der Waals surface area contributed by atoms with Gasteiger partial charge in [-0.05, 0) is 30.2 Å². The first-order chi connectivity index (χ1) is 9.69. The lowest BCUT2D eigenvalue weighted by Crippen LogP contribution is -2.10. The molecule has 0 aliphatic carbocycles. The molecule has 0 amide bonds. The van der Waals surface area contributed by atoms with Gasteiger partial charge in [0.1, 0.15) is 12.1 Å². The minimum absolute atomic E-state index is 0.182. The number of rotatable bonds is 6. The maximum atomic E-state index is 12.8. The predicted molar refractivity (Wildman–Crippen MR) is 81.1 cm³/mol. The highest BCUT2D eigenvalue weighted by Gasteiger charge is 2.05. The van der Waals surface area contributed by atoms with Gasteiger partial charge in [0.25, 0.3) is 0 Å². The van der Waals surface area contributed by atoms with Gasteiger partial charge in [0.15, 0.2) is 0 Å². The van der Waals surface area contributed by atoms with E-state index < -0.39 is 0 Å². The normalized spacial score (nSPS) is 12.1. The number of nitrogens with one attached hydrogen (secondary N) is 1. The smallest absolute Gasteiger partial charge is 0.150 e. The van der Waals surface area contributed by atoms with E-state index in [-0.39, 0.29) is 11.9 Å². The third-order valence-corrected chi connectivity index (χ3v) is 3.98. The van der Waals surface area contributed by atoms with E-state index in [0.29, 0.717) is 5.56 Å².